The van der Waals surface area contributed by atoms with Gasteiger partial charge in [0.05, 0.1) is 0 Å². The summed E-state index contributed by atoms with van der Waals surface area (Å²) in [7, 11) is 0. The predicted octanol–water partition coefficient (Wildman–Crippen LogP) is 1.94. The van der Waals surface area contributed by atoms with Crippen LogP contribution in [0.1, 0.15) is 31.2 Å². The van der Waals surface area contributed by atoms with Crippen molar-refractivity contribution in [2.75, 3.05) is 6.54 Å². The average molecular weight is 227 g/mol. The first-order valence-corrected chi connectivity index (χ1v) is 5.68. The number of hydrogen-bond donors (Lipinski definition) is 0. The molecule has 1 amide bonds. The minimum atomic E-state index is 0. The summed E-state index contributed by atoms with van der Waals surface area (Å²) in [6.45, 7) is 1.70. The van der Waals surface area contributed by atoms with Crippen LogP contribution >= 0.6 is 0 Å². The van der Waals surface area contributed by atoms with Gasteiger partial charge in [-0.05, 0) is 18.4 Å². The number of likely N-dealkylation sites (tertiary alicyclic amines) is 1. The van der Waals surface area contributed by atoms with E-state index in [2.05, 4.69) is 12.1 Å². The monoisotopic (exact) mass is 227 g/mol. The molecule has 0 saturated carbocycles. The first kappa shape index (κ1) is 13.8. The van der Waals surface area contributed by atoms with Crippen molar-refractivity contribution in [1.29, 1.82) is 0 Å². The average Bonchev–Trinajstić information content (AvgIpc) is 2.46. The molecule has 1 aliphatic heterocycles. The van der Waals surface area contributed by atoms with Gasteiger partial charge in [0.25, 0.3) is 0 Å². The Morgan fingerprint density at radius 1 is 1.06 bits per heavy atom. The topological polar surface area (TPSA) is 20.3 Å². The molecule has 2 rings (SSSR count). The molecule has 0 radical (unpaired) electrons. The van der Waals surface area contributed by atoms with Crippen molar-refractivity contribution in [3.05, 3.63) is 35.9 Å². The molecule has 1 aromatic rings. The Morgan fingerprint density at radius 3 is 2.56 bits per heavy atom. The molecular formula is C13H18NNaO. The fraction of sp³-hybridized carbons (Fsp3) is 0.462. The zero-order chi connectivity index (χ0) is 10.5. The van der Waals surface area contributed by atoms with Crippen molar-refractivity contribution < 1.29 is 4.79 Å². The zero-order valence-electron chi connectivity index (χ0n) is 8.98. The molecule has 0 aromatic heterocycles. The quantitative estimate of drug-likeness (QED) is 0.707. The molecule has 1 heterocycles. The Balaban J connectivity index is 0.00000128. The van der Waals surface area contributed by atoms with Gasteiger partial charge in [0, 0.05) is 19.5 Å². The van der Waals surface area contributed by atoms with Gasteiger partial charge in [-0.1, -0.05) is 36.8 Å². The predicted molar refractivity (Wildman–Crippen MR) is 67.5 cm³/mol. The van der Waals surface area contributed by atoms with Crippen LogP contribution in [0.3, 0.4) is 0 Å². The third-order valence-corrected chi connectivity index (χ3v) is 2.89. The normalized spacial score (nSPS) is 16.5. The van der Waals surface area contributed by atoms with Crippen LogP contribution in [0.2, 0.25) is 0 Å². The Bertz CT molecular complexity index is 326. The van der Waals surface area contributed by atoms with Crippen molar-refractivity contribution in [3.8, 4) is 0 Å². The molecule has 0 spiro atoms. The van der Waals surface area contributed by atoms with Gasteiger partial charge >= 0.3 is 29.6 Å². The van der Waals surface area contributed by atoms with Crippen LogP contribution in [0.4, 0.5) is 0 Å². The summed E-state index contributed by atoms with van der Waals surface area (Å²) in [4.78, 5) is 13.7. The molecule has 0 unspecified atom stereocenters. The molecule has 0 N–H and O–H groups in total. The third-order valence-electron chi connectivity index (χ3n) is 2.89. The number of carbonyl (C=O) groups is 1. The summed E-state index contributed by atoms with van der Waals surface area (Å²) >= 11 is 0. The fourth-order valence-corrected chi connectivity index (χ4v) is 2.01. The van der Waals surface area contributed by atoms with E-state index in [1.807, 2.05) is 23.1 Å². The van der Waals surface area contributed by atoms with Gasteiger partial charge in [-0.25, -0.2) is 0 Å². The van der Waals surface area contributed by atoms with Crippen LogP contribution in [0, 0.1) is 0 Å². The first-order chi connectivity index (χ1) is 7.36. The van der Waals surface area contributed by atoms with E-state index >= 15 is 0 Å². The van der Waals surface area contributed by atoms with Gasteiger partial charge in [-0.2, -0.15) is 0 Å². The molecule has 0 bridgehead atoms. The fourth-order valence-electron chi connectivity index (χ4n) is 2.01. The van der Waals surface area contributed by atoms with Crippen LogP contribution < -0.4 is 0 Å². The summed E-state index contributed by atoms with van der Waals surface area (Å²) in [6.07, 6.45) is 4.13. The summed E-state index contributed by atoms with van der Waals surface area (Å²) in [6, 6.07) is 10.2. The number of carbonyl (C=O) groups excluding carboxylic acids is 1. The van der Waals surface area contributed by atoms with E-state index in [9.17, 15) is 4.79 Å². The summed E-state index contributed by atoms with van der Waals surface area (Å²) < 4.78 is 0. The van der Waals surface area contributed by atoms with Crippen LogP contribution in [0.25, 0.3) is 0 Å². The second-order valence-electron chi connectivity index (χ2n) is 4.11. The number of benzene rings is 1. The first-order valence-electron chi connectivity index (χ1n) is 5.68. The summed E-state index contributed by atoms with van der Waals surface area (Å²) in [5.41, 5.74) is 1.23. The molecule has 82 valence electrons. The minimum absolute atomic E-state index is 0. The van der Waals surface area contributed by atoms with Crippen molar-refractivity contribution >= 4 is 35.5 Å². The molecule has 1 saturated heterocycles. The van der Waals surface area contributed by atoms with Gasteiger partial charge in [0.2, 0.25) is 5.91 Å². The number of rotatable bonds is 2. The Labute approximate surface area is 119 Å². The zero-order valence-corrected chi connectivity index (χ0v) is 8.98. The van der Waals surface area contributed by atoms with E-state index < -0.39 is 0 Å². The van der Waals surface area contributed by atoms with Crippen LogP contribution in [-0.2, 0) is 11.3 Å². The van der Waals surface area contributed by atoms with Gasteiger partial charge in [0.1, 0.15) is 0 Å². The number of nitrogens with zero attached hydrogens (tertiary/aromatic N) is 1. The standard InChI is InChI=1S/C13H17NO.Na.H/c15-13-9-5-2-6-10-14(13)11-12-7-3-1-4-8-12;;/h1,3-4,7-8H,2,5-6,9-11H2;;. The van der Waals surface area contributed by atoms with Gasteiger partial charge in [0.15, 0.2) is 0 Å². The molecule has 0 atom stereocenters. The van der Waals surface area contributed by atoms with E-state index in [0.29, 0.717) is 5.91 Å². The van der Waals surface area contributed by atoms with Crippen molar-refractivity contribution in [3.63, 3.8) is 0 Å². The van der Waals surface area contributed by atoms with Crippen LogP contribution in [-0.4, -0.2) is 46.9 Å². The maximum absolute atomic E-state index is 11.7. The Hall–Kier alpha value is -0.310. The molecule has 0 aliphatic carbocycles. The second kappa shape index (κ2) is 7.10. The summed E-state index contributed by atoms with van der Waals surface area (Å²) in [5.74, 6) is 0.316. The van der Waals surface area contributed by atoms with Gasteiger partial charge < -0.3 is 4.90 Å². The van der Waals surface area contributed by atoms with E-state index in [4.69, 9.17) is 0 Å². The van der Waals surface area contributed by atoms with E-state index in [1.165, 1.54) is 12.0 Å². The Morgan fingerprint density at radius 2 is 1.81 bits per heavy atom. The van der Waals surface area contributed by atoms with E-state index in [1.54, 1.807) is 0 Å². The van der Waals surface area contributed by atoms with Crippen LogP contribution in [0.15, 0.2) is 30.3 Å². The maximum atomic E-state index is 11.7. The Kier molecular flexibility index (Phi) is 6.10. The SMILES string of the molecule is O=C1CCCCCN1Cc1ccccc1.[NaH]. The van der Waals surface area contributed by atoms with Crippen molar-refractivity contribution in [2.45, 2.75) is 32.2 Å². The number of hydrogen-bond acceptors (Lipinski definition) is 1. The molecule has 16 heavy (non-hydrogen) atoms. The molecule has 3 heteroatoms. The van der Waals surface area contributed by atoms with E-state index in [0.717, 1.165) is 32.4 Å². The van der Waals surface area contributed by atoms with Crippen molar-refractivity contribution in [2.24, 2.45) is 0 Å². The molecular weight excluding hydrogens is 209 g/mol. The molecule has 1 aliphatic rings. The van der Waals surface area contributed by atoms with Gasteiger partial charge in [-0.3, -0.25) is 4.79 Å². The molecule has 1 fully saturated rings. The van der Waals surface area contributed by atoms with Gasteiger partial charge in [-0.15, -0.1) is 0 Å². The van der Waals surface area contributed by atoms with E-state index in [-0.39, 0.29) is 29.6 Å². The second-order valence-corrected chi connectivity index (χ2v) is 4.11. The molecule has 1 aromatic carbocycles. The summed E-state index contributed by atoms with van der Waals surface area (Å²) in [5, 5.41) is 0. The molecule has 2 nitrogen and oxygen atoms in total. The van der Waals surface area contributed by atoms with Crippen molar-refractivity contribution in [1.82, 2.24) is 4.90 Å². The third kappa shape index (κ3) is 3.93. The van der Waals surface area contributed by atoms with Crippen LogP contribution in [0.5, 0.6) is 0 Å². The number of amides is 1.